The Kier molecular flexibility index (Phi) is 3.82. The SMILES string of the molecule is CC(C)(C)CC(=O)C(=O)Oc1ccccc1. The fraction of sp³-hybridized carbons (Fsp3) is 0.385. The third-order valence-corrected chi connectivity index (χ3v) is 1.87. The standard InChI is InChI=1S/C13H16O3/c1-13(2,3)9-11(14)12(15)16-10-7-5-4-6-8-10/h4-8H,9H2,1-3H3. The lowest BCUT2D eigenvalue weighted by Crippen LogP contribution is -2.25. The molecule has 0 spiro atoms. The summed E-state index contributed by atoms with van der Waals surface area (Å²) in [4.78, 5) is 22.9. The highest BCUT2D eigenvalue weighted by Gasteiger charge is 2.23. The monoisotopic (exact) mass is 220 g/mol. The summed E-state index contributed by atoms with van der Waals surface area (Å²) in [6, 6.07) is 8.59. The summed E-state index contributed by atoms with van der Waals surface area (Å²) < 4.78 is 4.93. The zero-order valence-corrected chi connectivity index (χ0v) is 9.82. The molecule has 86 valence electrons. The number of Topliss-reactive ketones (excluding diaryl/α,β-unsaturated/α-hetero) is 1. The Labute approximate surface area is 95.4 Å². The number of esters is 1. The van der Waals surface area contributed by atoms with Crippen molar-refractivity contribution in [2.45, 2.75) is 27.2 Å². The summed E-state index contributed by atoms with van der Waals surface area (Å²) in [5, 5.41) is 0. The summed E-state index contributed by atoms with van der Waals surface area (Å²) in [5.41, 5.74) is -0.202. The molecule has 0 aliphatic rings. The highest BCUT2D eigenvalue weighted by atomic mass is 16.5. The van der Waals surface area contributed by atoms with Crippen molar-refractivity contribution in [2.75, 3.05) is 0 Å². The van der Waals surface area contributed by atoms with Gasteiger partial charge in [-0.15, -0.1) is 0 Å². The molecule has 0 unspecified atom stereocenters. The lowest BCUT2D eigenvalue weighted by atomic mass is 9.90. The topological polar surface area (TPSA) is 43.4 Å². The molecule has 0 aliphatic heterocycles. The number of carbonyl (C=O) groups excluding carboxylic acids is 2. The average Bonchev–Trinajstić information content (AvgIpc) is 2.16. The van der Waals surface area contributed by atoms with Crippen LogP contribution >= 0.6 is 0 Å². The van der Waals surface area contributed by atoms with Gasteiger partial charge in [0.2, 0.25) is 5.78 Å². The van der Waals surface area contributed by atoms with Crippen LogP contribution in [0.1, 0.15) is 27.2 Å². The van der Waals surface area contributed by atoms with Crippen molar-refractivity contribution in [1.29, 1.82) is 0 Å². The van der Waals surface area contributed by atoms with Gasteiger partial charge in [-0.1, -0.05) is 39.0 Å². The van der Waals surface area contributed by atoms with Crippen molar-refractivity contribution in [3.8, 4) is 5.75 Å². The summed E-state index contributed by atoms with van der Waals surface area (Å²) in [5.74, 6) is -0.882. The van der Waals surface area contributed by atoms with Crippen molar-refractivity contribution in [2.24, 2.45) is 5.41 Å². The summed E-state index contributed by atoms with van der Waals surface area (Å²) in [6.45, 7) is 5.71. The van der Waals surface area contributed by atoms with Gasteiger partial charge in [-0.3, -0.25) is 4.79 Å². The van der Waals surface area contributed by atoms with E-state index in [0.717, 1.165) is 0 Å². The Morgan fingerprint density at radius 3 is 2.19 bits per heavy atom. The second kappa shape index (κ2) is 4.92. The fourth-order valence-corrected chi connectivity index (χ4v) is 1.21. The molecule has 0 N–H and O–H groups in total. The van der Waals surface area contributed by atoms with Crippen LogP contribution in [-0.2, 0) is 9.59 Å². The number of carbonyl (C=O) groups is 2. The first-order chi connectivity index (χ1) is 7.38. The summed E-state index contributed by atoms with van der Waals surface area (Å²) in [6.07, 6.45) is 0.193. The molecule has 0 atom stereocenters. The van der Waals surface area contributed by atoms with E-state index in [2.05, 4.69) is 0 Å². The van der Waals surface area contributed by atoms with E-state index in [9.17, 15) is 9.59 Å². The number of para-hydroxylation sites is 1. The number of benzene rings is 1. The molecule has 3 nitrogen and oxygen atoms in total. The molecule has 0 saturated heterocycles. The maximum absolute atomic E-state index is 11.5. The molecule has 0 aromatic heterocycles. The van der Waals surface area contributed by atoms with E-state index < -0.39 is 11.8 Å². The Balaban J connectivity index is 2.57. The van der Waals surface area contributed by atoms with E-state index in [1.165, 1.54) is 0 Å². The number of ketones is 1. The van der Waals surface area contributed by atoms with Gasteiger partial charge < -0.3 is 4.74 Å². The molecule has 0 aliphatic carbocycles. The number of ether oxygens (including phenoxy) is 1. The highest BCUT2D eigenvalue weighted by Crippen LogP contribution is 2.19. The van der Waals surface area contributed by atoms with Crippen LogP contribution in [0.2, 0.25) is 0 Å². The molecule has 0 bridgehead atoms. The maximum atomic E-state index is 11.5. The molecular formula is C13H16O3. The van der Waals surface area contributed by atoms with Gasteiger partial charge in [-0.05, 0) is 17.5 Å². The van der Waals surface area contributed by atoms with E-state index in [-0.39, 0.29) is 11.8 Å². The fourth-order valence-electron chi connectivity index (χ4n) is 1.21. The molecular weight excluding hydrogens is 204 g/mol. The molecule has 0 radical (unpaired) electrons. The van der Waals surface area contributed by atoms with E-state index >= 15 is 0 Å². The van der Waals surface area contributed by atoms with Gasteiger partial charge in [0.1, 0.15) is 5.75 Å². The molecule has 0 saturated carbocycles. The molecule has 1 rings (SSSR count). The zero-order valence-electron chi connectivity index (χ0n) is 9.82. The molecule has 3 heteroatoms. The first-order valence-electron chi connectivity index (χ1n) is 5.18. The molecule has 0 heterocycles. The lowest BCUT2D eigenvalue weighted by molar-refractivity contribution is -0.148. The van der Waals surface area contributed by atoms with Crippen LogP contribution < -0.4 is 4.74 Å². The number of hydrogen-bond donors (Lipinski definition) is 0. The van der Waals surface area contributed by atoms with Crippen LogP contribution in [0.4, 0.5) is 0 Å². The number of rotatable bonds is 3. The van der Waals surface area contributed by atoms with Crippen LogP contribution in [0.25, 0.3) is 0 Å². The van der Waals surface area contributed by atoms with E-state index in [1.54, 1.807) is 24.3 Å². The molecule has 0 amide bonds. The predicted octanol–water partition coefficient (Wildman–Crippen LogP) is 2.60. The quantitative estimate of drug-likeness (QED) is 0.446. The van der Waals surface area contributed by atoms with Crippen LogP contribution in [0, 0.1) is 5.41 Å². The number of hydrogen-bond acceptors (Lipinski definition) is 3. The Morgan fingerprint density at radius 2 is 1.69 bits per heavy atom. The minimum atomic E-state index is -0.791. The summed E-state index contributed by atoms with van der Waals surface area (Å²) >= 11 is 0. The van der Waals surface area contributed by atoms with Crippen LogP contribution in [0.5, 0.6) is 5.75 Å². The van der Waals surface area contributed by atoms with Crippen molar-refractivity contribution in [1.82, 2.24) is 0 Å². The smallest absolute Gasteiger partial charge is 0.380 e. The second-order valence-electron chi connectivity index (χ2n) is 4.86. The summed E-state index contributed by atoms with van der Waals surface area (Å²) in [7, 11) is 0. The highest BCUT2D eigenvalue weighted by molar-refractivity contribution is 6.34. The first kappa shape index (κ1) is 12.4. The van der Waals surface area contributed by atoms with E-state index in [1.807, 2.05) is 26.8 Å². The molecule has 1 aromatic rings. The van der Waals surface area contributed by atoms with Gasteiger partial charge in [-0.2, -0.15) is 0 Å². The van der Waals surface area contributed by atoms with Crippen molar-refractivity contribution in [3.63, 3.8) is 0 Å². The Morgan fingerprint density at radius 1 is 1.12 bits per heavy atom. The Bertz CT molecular complexity index is 374. The third kappa shape index (κ3) is 4.26. The van der Waals surface area contributed by atoms with Crippen LogP contribution in [0.15, 0.2) is 30.3 Å². The van der Waals surface area contributed by atoms with Gasteiger partial charge >= 0.3 is 5.97 Å². The third-order valence-electron chi connectivity index (χ3n) is 1.87. The van der Waals surface area contributed by atoms with E-state index in [0.29, 0.717) is 5.75 Å². The minimum absolute atomic E-state index is 0.193. The predicted molar refractivity (Wildman–Crippen MR) is 61.2 cm³/mol. The van der Waals surface area contributed by atoms with Gasteiger partial charge in [-0.25, -0.2) is 4.79 Å². The minimum Gasteiger partial charge on any atom is -0.421 e. The second-order valence-corrected chi connectivity index (χ2v) is 4.86. The van der Waals surface area contributed by atoms with E-state index in [4.69, 9.17) is 4.74 Å². The van der Waals surface area contributed by atoms with Crippen molar-refractivity contribution in [3.05, 3.63) is 30.3 Å². The normalized spacial score (nSPS) is 10.9. The largest absolute Gasteiger partial charge is 0.421 e. The van der Waals surface area contributed by atoms with Gasteiger partial charge in [0.05, 0.1) is 0 Å². The van der Waals surface area contributed by atoms with Crippen LogP contribution in [0.3, 0.4) is 0 Å². The lowest BCUT2D eigenvalue weighted by Gasteiger charge is -2.15. The average molecular weight is 220 g/mol. The van der Waals surface area contributed by atoms with Crippen LogP contribution in [-0.4, -0.2) is 11.8 Å². The van der Waals surface area contributed by atoms with Gasteiger partial charge in [0.15, 0.2) is 0 Å². The van der Waals surface area contributed by atoms with Gasteiger partial charge in [0, 0.05) is 6.42 Å². The molecule has 16 heavy (non-hydrogen) atoms. The zero-order chi connectivity index (χ0) is 12.2. The van der Waals surface area contributed by atoms with Crippen molar-refractivity contribution < 1.29 is 14.3 Å². The molecule has 1 aromatic carbocycles. The first-order valence-corrected chi connectivity index (χ1v) is 5.18. The molecule has 0 fully saturated rings. The Hall–Kier alpha value is -1.64. The van der Waals surface area contributed by atoms with Gasteiger partial charge in [0.25, 0.3) is 0 Å². The van der Waals surface area contributed by atoms with Crippen molar-refractivity contribution >= 4 is 11.8 Å². The maximum Gasteiger partial charge on any atom is 0.380 e.